The Hall–Kier alpha value is -2.34. The first kappa shape index (κ1) is 19.4. The summed E-state index contributed by atoms with van der Waals surface area (Å²) in [6.45, 7) is 13.8. The van der Waals surface area contributed by atoms with Crippen molar-refractivity contribution in [3.63, 3.8) is 0 Å². The number of rotatable bonds is 4. The lowest BCUT2D eigenvalue weighted by molar-refractivity contribution is 0.284. The molecule has 0 radical (unpaired) electrons. The molecule has 140 valence electrons. The van der Waals surface area contributed by atoms with Crippen LogP contribution in [0, 0.1) is 12.3 Å². The van der Waals surface area contributed by atoms with E-state index in [0.717, 1.165) is 0 Å². The Morgan fingerprint density at radius 2 is 0.852 bits per heavy atom. The van der Waals surface area contributed by atoms with Gasteiger partial charge in [-0.1, -0.05) is 113 Å². The molecule has 0 fully saturated rings. The third kappa shape index (κ3) is 4.89. The fourth-order valence-corrected chi connectivity index (χ4v) is 4.14. The zero-order valence-electron chi connectivity index (χ0n) is 17.6. The molecule has 0 aromatic heterocycles. The van der Waals surface area contributed by atoms with Crippen LogP contribution in [-0.2, 0) is 5.41 Å². The Morgan fingerprint density at radius 3 is 1.22 bits per heavy atom. The predicted octanol–water partition coefficient (Wildman–Crippen LogP) is 8.04. The van der Waals surface area contributed by atoms with Crippen LogP contribution in [0.15, 0.2) is 72.8 Å². The van der Waals surface area contributed by atoms with E-state index in [-0.39, 0.29) is 5.41 Å². The minimum Gasteiger partial charge on any atom is -0.0601 e. The average molecular weight is 357 g/mol. The van der Waals surface area contributed by atoms with Crippen molar-refractivity contribution >= 4 is 0 Å². The van der Waals surface area contributed by atoms with Gasteiger partial charge in [0, 0.05) is 0 Å². The van der Waals surface area contributed by atoms with Gasteiger partial charge in [0.2, 0.25) is 0 Å². The molecule has 0 aliphatic heterocycles. The van der Waals surface area contributed by atoms with Gasteiger partial charge >= 0.3 is 0 Å². The molecule has 0 aliphatic carbocycles. The van der Waals surface area contributed by atoms with Gasteiger partial charge < -0.3 is 0 Å². The summed E-state index contributed by atoms with van der Waals surface area (Å²) < 4.78 is 0. The Bertz CT molecular complexity index is 871. The number of hydrogen-bond acceptors (Lipinski definition) is 0. The molecule has 3 aromatic carbocycles. The SMILES string of the molecule is Cc1ccc(-c2ccc(-c3ccc(C(C)(C)CC(C)(C)C)cc3)cc2)cc1. The van der Waals surface area contributed by atoms with E-state index >= 15 is 0 Å². The number of aryl methyl sites for hydroxylation is 1. The van der Waals surface area contributed by atoms with Gasteiger partial charge in [-0.3, -0.25) is 0 Å². The maximum atomic E-state index is 2.35. The summed E-state index contributed by atoms with van der Waals surface area (Å²) in [6, 6.07) is 26.7. The first-order valence-electron chi connectivity index (χ1n) is 9.92. The quantitative estimate of drug-likeness (QED) is 0.443. The van der Waals surface area contributed by atoms with Crippen LogP contribution < -0.4 is 0 Å². The molecule has 0 N–H and O–H groups in total. The number of hydrogen-bond donors (Lipinski definition) is 0. The van der Waals surface area contributed by atoms with Crippen molar-refractivity contribution in [3.8, 4) is 22.3 Å². The zero-order valence-corrected chi connectivity index (χ0v) is 17.6. The molecule has 0 saturated heterocycles. The van der Waals surface area contributed by atoms with Crippen molar-refractivity contribution in [2.45, 2.75) is 53.4 Å². The summed E-state index contributed by atoms with van der Waals surface area (Å²) in [5.41, 5.74) is 8.31. The van der Waals surface area contributed by atoms with E-state index in [0.29, 0.717) is 5.41 Å². The van der Waals surface area contributed by atoms with Gasteiger partial charge in [0.05, 0.1) is 0 Å². The van der Waals surface area contributed by atoms with Crippen molar-refractivity contribution in [2.24, 2.45) is 5.41 Å². The molecule has 0 atom stereocenters. The molecule has 3 rings (SSSR count). The maximum absolute atomic E-state index is 2.35. The van der Waals surface area contributed by atoms with Crippen LogP contribution in [0.5, 0.6) is 0 Å². The molecule has 27 heavy (non-hydrogen) atoms. The molecule has 0 heterocycles. The van der Waals surface area contributed by atoms with Crippen LogP contribution in [0.25, 0.3) is 22.3 Å². The van der Waals surface area contributed by atoms with E-state index in [9.17, 15) is 0 Å². The van der Waals surface area contributed by atoms with Gasteiger partial charge in [-0.15, -0.1) is 0 Å². The second kappa shape index (κ2) is 7.35. The normalized spacial score (nSPS) is 12.2. The molecule has 0 unspecified atom stereocenters. The largest absolute Gasteiger partial charge is 0.0601 e. The standard InChI is InChI=1S/C27H32/c1-20-7-9-21(10-8-20)22-11-13-23(14-12-22)24-15-17-25(18-16-24)27(5,6)19-26(2,3)4/h7-18H,19H2,1-6H3. The average Bonchev–Trinajstić information content (AvgIpc) is 2.61. The lowest BCUT2D eigenvalue weighted by Crippen LogP contribution is -2.24. The Balaban J connectivity index is 1.80. The topological polar surface area (TPSA) is 0 Å². The highest BCUT2D eigenvalue weighted by molar-refractivity contribution is 5.70. The summed E-state index contributed by atoms with van der Waals surface area (Å²) in [5.74, 6) is 0. The van der Waals surface area contributed by atoms with Crippen molar-refractivity contribution < 1.29 is 0 Å². The summed E-state index contributed by atoms with van der Waals surface area (Å²) in [6.07, 6.45) is 1.17. The van der Waals surface area contributed by atoms with Crippen molar-refractivity contribution in [1.29, 1.82) is 0 Å². The fourth-order valence-electron chi connectivity index (χ4n) is 4.14. The highest BCUT2D eigenvalue weighted by Crippen LogP contribution is 2.37. The van der Waals surface area contributed by atoms with Gasteiger partial charge in [0.25, 0.3) is 0 Å². The zero-order chi connectivity index (χ0) is 19.7. The van der Waals surface area contributed by atoms with E-state index in [1.54, 1.807) is 0 Å². The van der Waals surface area contributed by atoms with Crippen LogP contribution in [-0.4, -0.2) is 0 Å². The van der Waals surface area contributed by atoms with Crippen molar-refractivity contribution in [2.75, 3.05) is 0 Å². The maximum Gasteiger partial charge on any atom is -0.00986 e. The Morgan fingerprint density at radius 1 is 0.519 bits per heavy atom. The van der Waals surface area contributed by atoms with Crippen LogP contribution in [0.2, 0.25) is 0 Å². The molecule has 0 aliphatic rings. The molecular formula is C27H32. The predicted molar refractivity (Wildman–Crippen MR) is 119 cm³/mol. The van der Waals surface area contributed by atoms with Gasteiger partial charge in [-0.2, -0.15) is 0 Å². The second-order valence-electron chi connectivity index (χ2n) is 9.64. The summed E-state index contributed by atoms with van der Waals surface area (Å²) >= 11 is 0. The smallest absolute Gasteiger partial charge is 0.00986 e. The highest BCUT2D eigenvalue weighted by atomic mass is 14.3. The molecule has 0 heteroatoms. The monoisotopic (exact) mass is 356 g/mol. The summed E-state index contributed by atoms with van der Waals surface area (Å²) in [7, 11) is 0. The summed E-state index contributed by atoms with van der Waals surface area (Å²) in [4.78, 5) is 0. The van der Waals surface area contributed by atoms with Gasteiger partial charge in [0.1, 0.15) is 0 Å². The van der Waals surface area contributed by atoms with E-state index in [2.05, 4.69) is 114 Å². The minimum atomic E-state index is 0.187. The lowest BCUT2D eigenvalue weighted by Gasteiger charge is -2.33. The van der Waals surface area contributed by atoms with Crippen molar-refractivity contribution in [3.05, 3.63) is 83.9 Å². The van der Waals surface area contributed by atoms with Crippen LogP contribution in [0.3, 0.4) is 0 Å². The Kier molecular flexibility index (Phi) is 5.29. The van der Waals surface area contributed by atoms with Gasteiger partial charge in [-0.05, 0) is 52.0 Å². The fraction of sp³-hybridized carbons (Fsp3) is 0.333. The van der Waals surface area contributed by atoms with E-state index in [4.69, 9.17) is 0 Å². The van der Waals surface area contributed by atoms with Gasteiger partial charge in [-0.25, -0.2) is 0 Å². The summed E-state index contributed by atoms with van der Waals surface area (Å²) in [5, 5.41) is 0. The van der Waals surface area contributed by atoms with E-state index < -0.39 is 0 Å². The van der Waals surface area contributed by atoms with Crippen LogP contribution in [0.4, 0.5) is 0 Å². The first-order chi connectivity index (χ1) is 12.6. The molecule has 0 saturated carbocycles. The van der Waals surface area contributed by atoms with Crippen LogP contribution >= 0.6 is 0 Å². The minimum absolute atomic E-state index is 0.187. The molecule has 0 spiro atoms. The molecule has 3 aromatic rings. The molecule has 0 nitrogen and oxygen atoms in total. The van der Waals surface area contributed by atoms with E-state index in [1.165, 1.54) is 39.8 Å². The van der Waals surface area contributed by atoms with Crippen molar-refractivity contribution in [1.82, 2.24) is 0 Å². The molecular weight excluding hydrogens is 324 g/mol. The third-order valence-corrected chi connectivity index (χ3v) is 5.24. The second-order valence-corrected chi connectivity index (χ2v) is 9.64. The Labute approximate surface area is 165 Å². The van der Waals surface area contributed by atoms with Crippen LogP contribution in [0.1, 0.15) is 52.2 Å². The molecule has 0 amide bonds. The van der Waals surface area contributed by atoms with E-state index in [1.807, 2.05) is 0 Å². The number of benzene rings is 3. The molecule has 0 bridgehead atoms. The lowest BCUT2D eigenvalue weighted by atomic mass is 9.72. The van der Waals surface area contributed by atoms with Gasteiger partial charge in [0.15, 0.2) is 0 Å². The highest BCUT2D eigenvalue weighted by Gasteiger charge is 2.27. The first-order valence-corrected chi connectivity index (χ1v) is 9.92. The third-order valence-electron chi connectivity index (χ3n) is 5.24.